The predicted molar refractivity (Wildman–Crippen MR) is 78.2 cm³/mol. The number of nitrogens with one attached hydrogen (secondary N) is 1. The molecule has 1 amide bonds. The monoisotopic (exact) mass is 277 g/mol. The van der Waals surface area contributed by atoms with Crippen LogP contribution in [0.3, 0.4) is 0 Å². The van der Waals surface area contributed by atoms with Crippen LogP contribution in [-0.2, 0) is 11.3 Å². The summed E-state index contributed by atoms with van der Waals surface area (Å²) in [5.41, 5.74) is 6.34. The van der Waals surface area contributed by atoms with Crippen LogP contribution in [0.15, 0.2) is 12.4 Å². The van der Waals surface area contributed by atoms with Gasteiger partial charge in [-0.05, 0) is 25.3 Å². The molecule has 0 spiro atoms. The van der Waals surface area contributed by atoms with Gasteiger partial charge in [-0.2, -0.15) is 0 Å². The Bertz CT molecular complexity index is 426. The summed E-state index contributed by atoms with van der Waals surface area (Å²) in [7, 11) is 0. The summed E-state index contributed by atoms with van der Waals surface area (Å²) < 4.78 is 0. The van der Waals surface area contributed by atoms with Crippen molar-refractivity contribution in [3.05, 3.63) is 18.0 Å². The molecule has 6 nitrogen and oxygen atoms in total. The van der Waals surface area contributed by atoms with Crippen molar-refractivity contribution in [1.29, 1.82) is 0 Å². The lowest BCUT2D eigenvalue weighted by molar-refractivity contribution is -0.119. The van der Waals surface area contributed by atoms with Gasteiger partial charge in [0, 0.05) is 44.0 Å². The van der Waals surface area contributed by atoms with Gasteiger partial charge in [0.2, 0.25) is 11.9 Å². The minimum absolute atomic E-state index is 0.201. The van der Waals surface area contributed by atoms with Crippen LogP contribution < -0.4 is 16.0 Å². The summed E-state index contributed by atoms with van der Waals surface area (Å²) in [5, 5.41) is 3.25. The highest BCUT2D eigenvalue weighted by atomic mass is 16.1. The third-order valence-corrected chi connectivity index (χ3v) is 3.66. The van der Waals surface area contributed by atoms with Gasteiger partial charge in [-0.15, -0.1) is 0 Å². The Morgan fingerprint density at radius 3 is 2.60 bits per heavy atom. The van der Waals surface area contributed by atoms with Crippen LogP contribution in [0.4, 0.5) is 5.95 Å². The molecule has 1 aliphatic rings. The fraction of sp³-hybridized carbons (Fsp3) is 0.643. The molecule has 1 aromatic rings. The second-order valence-corrected chi connectivity index (χ2v) is 5.27. The molecular formula is C14H23N5O. The van der Waals surface area contributed by atoms with E-state index in [0.717, 1.165) is 50.5 Å². The fourth-order valence-corrected chi connectivity index (χ4v) is 2.49. The minimum Gasteiger partial charge on any atom is -0.370 e. The first kappa shape index (κ1) is 14.7. The molecule has 0 bridgehead atoms. The smallest absolute Gasteiger partial charge is 0.225 e. The second-order valence-electron chi connectivity index (χ2n) is 5.27. The van der Waals surface area contributed by atoms with Gasteiger partial charge in [0.05, 0.1) is 0 Å². The number of carbonyl (C=O) groups is 1. The average Bonchev–Trinajstić information content (AvgIpc) is 2.46. The molecule has 0 unspecified atom stereocenters. The maximum absolute atomic E-state index is 10.9. The number of primary amides is 1. The number of nitrogens with zero attached hydrogens (tertiary/aromatic N) is 3. The highest BCUT2D eigenvalue weighted by molar-refractivity contribution is 5.74. The van der Waals surface area contributed by atoms with Crippen LogP contribution in [0.1, 0.15) is 31.7 Å². The normalized spacial score (nSPS) is 16.4. The molecule has 20 heavy (non-hydrogen) atoms. The highest BCUT2D eigenvalue weighted by Gasteiger charge is 2.22. The zero-order chi connectivity index (χ0) is 14.4. The molecule has 1 aromatic heterocycles. The molecule has 0 aliphatic carbocycles. The van der Waals surface area contributed by atoms with Crippen molar-refractivity contribution in [3.63, 3.8) is 0 Å². The first-order chi connectivity index (χ1) is 9.69. The standard InChI is InChI=1S/C14H23N5O/c1-2-16-8-12-9-17-14(18-10-12)19-5-3-11(4-6-19)7-13(15)20/h9-11,16H,2-8H2,1H3,(H2,15,20). The first-order valence-electron chi connectivity index (χ1n) is 7.24. The fourth-order valence-electron chi connectivity index (χ4n) is 2.49. The van der Waals surface area contributed by atoms with Crippen molar-refractivity contribution >= 4 is 11.9 Å². The summed E-state index contributed by atoms with van der Waals surface area (Å²) in [4.78, 5) is 21.9. The van der Waals surface area contributed by atoms with Gasteiger partial charge in [0.15, 0.2) is 0 Å². The quantitative estimate of drug-likeness (QED) is 0.798. The molecular weight excluding hydrogens is 254 g/mol. The van der Waals surface area contributed by atoms with Gasteiger partial charge >= 0.3 is 0 Å². The summed E-state index contributed by atoms with van der Waals surface area (Å²) in [6.45, 7) is 5.60. The van der Waals surface area contributed by atoms with Crippen molar-refractivity contribution in [3.8, 4) is 0 Å². The Balaban J connectivity index is 1.85. The number of amides is 1. The van der Waals surface area contributed by atoms with Crippen LogP contribution in [0.2, 0.25) is 0 Å². The van der Waals surface area contributed by atoms with E-state index >= 15 is 0 Å². The number of hydrogen-bond acceptors (Lipinski definition) is 5. The molecule has 0 radical (unpaired) electrons. The number of rotatable bonds is 6. The van der Waals surface area contributed by atoms with Crippen molar-refractivity contribution in [2.24, 2.45) is 11.7 Å². The van der Waals surface area contributed by atoms with E-state index in [-0.39, 0.29) is 5.91 Å². The van der Waals surface area contributed by atoms with E-state index in [1.165, 1.54) is 0 Å². The van der Waals surface area contributed by atoms with Gasteiger partial charge < -0.3 is 16.0 Å². The van der Waals surface area contributed by atoms with E-state index in [1.807, 2.05) is 12.4 Å². The summed E-state index contributed by atoms with van der Waals surface area (Å²) in [6.07, 6.45) is 6.20. The van der Waals surface area contributed by atoms with Gasteiger partial charge in [0.25, 0.3) is 0 Å². The third kappa shape index (κ3) is 4.16. The predicted octanol–water partition coefficient (Wildman–Crippen LogP) is 0.678. The van der Waals surface area contributed by atoms with Gasteiger partial charge in [-0.25, -0.2) is 9.97 Å². The van der Waals surface area contributed by atoms with E-state index in [1.54, 1.807) is 0 Å². The molecule has 110 valence electrons. The highest BCUT2D eigenvalue weighted by Crippen LogP contribution is 2.22. The summed E-state index contributed by atoms with van der Waals surface area (Å²) in [5.74, 6) is 0.993. The number of carbonyl (C=O) groups excluding carboxylic acids is 1. The Morgan fingerprint density at radius 1 is 1.40 bits per heavy atom. The third-order valence-electron chi connectivity index (χ3n) is 3.66. The van der Waals surface area contributed by atoms with Gasteiger partial charge in [-0.1, -0.05) is 6.92 Å². The molecule has 1 aliphatic heterocycles. The number of aromatic nitrogens is 2. The van der Waals surface area contributed by atoms with E-state index in [0.29, 0.717) is 12.3 Å². The van der Waals surface area contributed by atoms with Crippen molar-refractivity contribution in [2.75, 3.05) is 24.5 Å². The van der Waals surface area contributed by atoms with E-state index in [9.17, 15) is 4.79 Å². The lowest BCUT2D eigenvalue weighted by Crippen LogP contribution is -2.36. The van der Waals surface area contributed by atoms with Crippen molar-refractivity contribution < 1.29 is 4.79 Å². The van der Waals surface area contributed by atoms with Crippen LogP contribution in [0.5, 0.6) is 0 Å². The molecule has 0 saturated carbocycles. The molecule has 3 N–H and O–H groups in total. The largest absolute Gasteiger partial charge is 0.370 e. The van der Waals surface area contributed by atoms with Crippen LogP contribution in [0, 0.1) is 5.92 Å². The van der Waals surface area contributed by atoms with Crippen molar-refractivity contribution in [2.45, 2.75) is 32.7 Å². The lowest BCUT2D eigenvalue weighted by Gasteiger charge is -2.31. The zero-order valence-electron chi connectivity index (χ0n) is 12.0. The maximum atomic E-state index is 10.9. The zero-order valence-corrected chi connectivity index (χ0v) is 12.0. The van der Waals surface area contributed by atoms with E-state index < -0.39 is 0 Å². The minimum atomic E-state index is -0.201. The molecule has 0 atom stereocenters. The first-order valence-corrected chi connectivity index (χ1v) is 7.24. The lowest BCUT2D eigenvalue weighted by atomic mass is 9.93. The van der Waals surface area contributed by atoms with E-state index in [4.69, 9.17) is 5.73 Å². The summed E-state index contributed by atoms with van der Waals surface area (Å²) in [6, 6.07) is 0. The number of anilines is 1. The Kier molecular flexibility index (Phi) is 5.29. The van der Waals surface area contributed by atoms with Crippen LogP contribution >= 0.6 is 0 Å². The molecule has 1 fully saturated rings. The maximum Gasteiger partial charge on any atom is 0.225 e. The SMILES string of the molecule is CCNCc1cnc(N2CCC(CC(N)=O)CC2)nc1. The average molecular weight is 277 g/mol. The summed E-state index contributed by atoms with van der Waals surface area (Å²) >= 11 is 0. The molecule has 0 aromatic carbocycles. The number of piperidine rings is 1. The van der Waals surface area contributed by atoms with E-state index in [2.05, 4.69) is 27.1 Å². The Hall–Kier alpha value is -1.69. The number of hydrogen-bond donors (Lipinski definition) is 2. The second kappa shape index (κ2) is 7.19. The topological polar surface area (TPSA) is 84.1 Å². The van der Waals surface area contributed by atoms with Gasteiger partial charge in [-0.3, -0.25) is 4.79 Å². The molecule has 6 heteroatoms. The Labute approximate surface area is 119 Å². The Morgan fingerprint density at radius 2 is 2.05 bits per heavy atom. The van der Waals surface area contributed by atoms with Crippen molar-refractivity contribution in [1.82, 2.24) is 15.3 Å². The molecule has 2 heterocycles. The molecule has 2 rings (SSSR count). The van der Waals surface area contributed by atoms with Crippen LogP contribution in [-0.4, -0.2) is 35.5 Å². The molecule has 1 saturated heterocycles. The van der Waals surface area contributed by atoms with Crippen LogP contribution in [0.25, 0.3) is 0 Å². The van der Waals surface area contributed by atoms with Gasteiger partial charge in [0.1, 0.15) is 0 Å². The number of nitrogens with two attached hydrogens (primary N) is 1.